The lowest BCUT2D eigenvalue weighted by Gasteiger charge is -2.35. The monoisotopic (exact) mass is 439 g/mol. The van der Waals surface area contributed by atoms with Gasteiger partial charge >= 0.3 is 0 Å². The average Bonchev–Trinajstić information content (AvgIpc) is 3.36. The number of aromatic nitrogens is 4. The highest BCUT2D eigenvalue weighted by molar-refractivity contribution is 7.10. The molecule has 0 radical (unpaired) electrons. The van der Waals surface area contributed by atoms with E-state index in [1.165, 1.54) is 16.0 Å². The zero-order chi connectivity index (χ0) is 20.7. The molecule has 0 fully saturated rings. The Morgan fingerprint density at radius 2 is 2.07 bits per heavy atom. The van der Waals surface area contributed by atoms with E-state index in [1.54, 1.807) is 10.9 Å². The minimum atomic E-state index is 0.155. The minimum Gasteiger partial charge on any atom is -0.383 e. The summed E-state index contributed by atoms with van der Waals surface area (Å²) in [4.78, 5) is 13.0. The van der Waals surface area contributed by atoms with Crippen LogP contribution in [0.2, 0.25) is 5.02 Å². The van der Waals surface area contributed by atoms with Crippen molar-refractivity contribution in [1.82, 2.24) is 24.6 Å². The van der Waals surface area contributed by atoms with Gasteiger partial charge in [0.25, 0.3) is 0 Å². The highest BCUT2D eigenvalue weighted by atomic mass is 35.5. The molecule has 0 spiro atoms. The number of nitrogens with one attached hydrogen (secondary N) is 1. The SMILES string of the molecule is Cn1ncc2c(N)nc(NCC(c3ccc(Cl)cc3)N3CCc4sccc4C3)nc21. The van der Waals surface area contributed by atoms with Crippen LogP contribution in [0, 0.1) is 0 Å². The quantitative estimate of drug-likeness (QED) is 0.491. The fourth-order valence-corrected chi connectivity index (χ4v) is 5.01. The first kappa shape index (κ1) is 19.3. The summed E-state index contributed by atoms with van der Waals surface area (Å²) in [6.45, 7) is 2.59. The largest absolute Gasteiger partial charge is 0.383 e. The van der Waals surface area contributed by atoms with Crippen molar-refractivity contribution in [1.29, 1.82) is 0 Å². The number of nitrogen functional groups attached to an aromatic ring is 1. The van der Waals surface area contributed by atoms with E-state index in [-0.39, 0.29) is 6.04 Å². The number of hydrogen-bond acceptors (Lipinski definition) is 7. The first-order valence-electron chi connectivity index (χ1n) is 9.82. The van der Waals surface area contributed by atoms with Gasteiger partial charge in [-0.15, -0.1) is 11.3 Å². The van der Waals surface area contributed by atoms with E-state index in [9.17, 15) is 0 Å². The van der Waals surface area contributed by atoms with Crippen molar-refractivity contribution in [3.05, 3.63) is 62.9 Å². The van der Waals surface area contributed by atoms with Crippen LogP contribution in [0.25, 0.3) is 11.0 Å². The average molecular weight is 440 g/mol. The summed E-state index contributed by atoms with van der Waals surface area (Å²) in [5, 5.41) is 11.3. The molecule has 1 aliphatic heterocycles. The van der Waals surface area contributed by atoms with Crippen LogP contribution in [0.1, 0.15) is 22.0 Å². The standard InChI is InChI=1S/C21H22ClN7S/c1-28-20-16(10-25-28)19(23)26-21(27-20)24-11-17(13-2-4-15(22)5-3-13)29-8-6-18-14(12-29)7-9-30-18/h2-5,7,9-10,17H,6,8,11-12H2,1H3,(H3,23,24,26,27). The topological polar surface area (TPSA) is 84.9 Å². The fraction of sp³-hybridized carbons (Fsp3) is 0.286. The van der Waals surface area contributed by atoms with Crippen LogP contribution in [-0.4, -0.2) is 37.7 Å². The third-order valence-electron chi connectivity index (χ3n) is 5.61. The number of benzene rings is 1. The lowest BCUT2D eigenvalue weighted by Crippen LogP contribution is -2.37. The molecule has 1 atom stereocenters. The van der Waals surface area contributed by atoms with Crippen LogP contribution in [-0.2, 0) is 20.0 Å². The van der Waals surface area contributed by atoms with Gasteiger partial charge in [0, 0.05) is 36.6 Å². The summed E-state index contributed by atoms with van der Waals surface area (Å²) in [7, 11) is 1.85. The number of fused-ring (bicyclic) bond motifs is 2. The van der Waals surface area contributed by atoms with E-state index in [2.05, 4.69) is 48.9 Å². The summed E-state index contributed by atoms with van der Waals surface area (Å²) >= 11 is 7.98. The molecule has 0 saturated carbocycles. The van der Waals surface area contributed by atoms with Crippen molar-refractivity contribution in [3.8, 4) is 0 Å². The van der Waals surface area contributed by atoms with E-state index in [0.717, 1.165) is 29.9 Å². The number of halogens is 1. The maximum Gasteiger partial charge on any atom is 0.226 e. The summed E-state index contributed by atoms with van der Waals surface area (Å²) in [6.07, 6.45) is 2.76. The second-order valence-corrected chi connectivity index (χ2v) is 8.91. The molecule has 3 N–H and O–H groups in total. The number of nitrogens with zero attached hydrogens (tertiary/aromatic N) is 5. The Morgan fingerprint density at radius 3 is 2.90 bits per heavy atom. The van der Waals surface area contributed by atoms with Crippen molar-refractivity contribution in [2.24, 2.45) is 7.05 Å². The van der Waals surface area contributed by atoms with Crippen molar-refractivity contribution < 1.29 is 0 Å². The Hall–Kier alpha value is -2.68. The van der Waals surface area contributed by atoms with E-state index in [4.69, 9.17) is 17.3 Å². The molecule has 4 aromatic rings. The number of thiophene rings is 1. The van der Waals surface area contributed by atoms with Gasteiger partial charge in [-0.2, -0.15) is 15.1 Å². The van der Waals surface area contributed by atoms with Gasteiger partial charge in [-0.25, -0.2) is 0 Å². The maximum atomic E-state index is 6.13. The van der Waals surface area contributed by atoms with Gasteiger partial charge < -0.3 is 11.1 Å². The van der Waals surface area contributed by atoms with E-state index < -0.39 is 0 Å². The van der Waals surface area contributed by atoms with Crippen LogP contribution in [0.3, 0.4) is 0 Å². The maximum absolute atomic E-state index is 6.13. The molecule has 0 bridgehead atoms. The van der Waals surface area contributed by atoms with E-state index in [1.807, 2.05) is 30.5 Å². The molecule has 9 heteroatoms. The fourth-order valence-electron chi connectivity index (χ4n) is 3.99. The second-order valence-electron chi connectivity index (χ2n) is 7.48. The normalized spacial score (nSPS) is 15.3. The Bertz CT molecular complexity index is 1180. The second kappa shape index (κ2) is 7.86. The number of nitrogens with two attached hydrogens (primary N) is 1. The van der Waals surface area contributed by atoms with Gasteiger partial charge in [-0.1, -0.05) is 23.7 Å². The summed E-state index contributed by atoms with van der Waals surface area (Å²) in [6, 6.07) is 10.5. The molecule has 1 aliphatic rings. The number of anilines is 2. The molecule has 0 saturated heterocycles. The summed E-state index contributed by atoms with van der Waals surface area (Å²) in [5.74, 6) is 0.940. The van der Waals surface area contributed by atoms with Crippen molar-refractivity contribution in [2.75, 3.05) is 24.1 Å². The molecule has 3 aromatic heterocycles. The third-order valence-corrected chi connectivity index (χ3v) is 6.88. The third kappa shape index (κ3) is 3.62. The van der Waals surface area contributed by atoms with Gasteiger partial charge in [-0.3, -0.25) is 9.58 Å². The molecule has 0 aliphatic carbocycles. The highest BCUT2D eigenvalue weighted by Gasteiger charge is 2.26. The van der Waals surface area contributed by atoms with Crippen LogP contribution < -0.4 is 11.1 Å². The van der Waals surface area contributed by atoms with Gasteiger partial charge in [0.2, 0.25) is 5.95 Å². The lowest BCUT2D eigenvalue weighted by atomic mass is 10.0. The predicted molar refractivity (Wildman–Crippen MR) is 122 cm³/mol. The Labute approximate surface area is 183 Å². The molecule has 1 aromatic carbocycles. The zero-order valence-corrected chi connectivity index (χ0v) is 18.1. The smallest absolute Gasteiger partial charge is 0.226 e. The van der Waals surface area contributed by atoms with Gasteiger partial charge in [0.1, 0.15) is 5.82 Å². The Balaban J connectivity index is 1.42. The Kier molecular flexibility index (Phi) is 5.06. The highest BCUT2D eigenvalue weighted by Crippen LogP contribution is 2.31. The van der Waals surface area contributed by atoms with Gasteiger partial charge in [0.15, 0.2) is 5.65 Å². The molecule has 30 heavy (non-hydrogen) atoms. The zero-order valence-electron chi connectivity index (χ0n) is 16.5. The summed E-state index contributed by atoms with van der Waals surface area (Å²) < 4.78 is 1.71. The number of rotatable bonds is 5. The molecule has 154 valence electrons. The van der Waals surface area contributed by atoms with Crippen molar-refractivity contribution in [2.45, 2.75) is 19.0 Å². The van der Waals surface area contributed by atoms with Crippen LogP contribution >= 0.6 is 22.9 Å². The lowest BCUT2D eigenvalue weighted by molar-refractivity contribution is 0.188. The molecular weight excluding hydrogens is 418 g/mol. The number of hydrogen-bond donors (Lipinski definition) is 2. The van der Waals surface area contributed by atoms with Crippen LogP contribution in [0.4, 0.5) is 11.8 Å². The van der Waals surface area contributed by atoms with Crippen LogP contribution in [0.5, 0.6) is 0 Å². The van der Waals surface area contributed by atoms with Gasteiger partial charge in [-0.05, 0) is 41.1 Å². The predicted octanol–water partition coefficient (Wildman–Crippen LogP) is 3.87. The molecule has 0 amide bonds. The van der Waals surface area contributed by atoms with Crippen LogP contribution in [0.15, 0.2) is 41.9 Å². The van der Waals surface area contributed by atoms with Gasteiger partial charge in [0.05, 0.1) is 17.6 Å². The molecule has 7 nitrogen and oxygen atoms in total. The first-order chi connectivity index (χ1) is 14.6. The Morgan fingerprint density at radius 1 is 1.23 bits per heavy atom. The molecular formula is C21H22ClN7S. The summed E-state index contributed by atoms with van der Waals surface area (Å²) in [5.41, 5.74) is 9.46. The molecule has 5 rings (SSSR count). The van der Waals surface area contributed by atoms with E-state index >= 15 is 0 Å². The van der Waals surface area contributed by atoms with E-state index in [0.29, 0.717) is 24.0 Å². The molecule has 4 heterocycles. The van der Waals surface area contributed by atoms with Crippen molar-refractivity contribution >= 4 is 45.7 Å². The first-order valence-corrected chi connectivity index (χ1v) is 11.1. The molecule has 1 unspecified atom stereocenters. The number of aryl methyl sites for hydroxylation is 1. The van der Waals surface area contributed by atoms with Crippen molar-refractivity contribution in [3.63, 3.8) is 0 Å². The minimum absolute atomic E-state index is 0.155.